The maximum absolute atomic E-state index is 12.8. The minimum atomic E-state index is -0.818. The normalized spacial score (nSPS) is 23.0. The first-order valence-corrected chi connectivity index (χ1v) is 8.67. The molecule has 138 valence electrons. The Balaban J connectivity index is 2.23. The summed E-state index contributed by atoms with van der Waals surface area (Å²) in [5.74, 6) is 0.180. The van der Waals surface area contributed by atoms with Crippen LogP contribution < -0.4 is 10.1 Å². The lowest BCUT2D eigenvalue weighted by Gasteiger charge is -2.37. The van der Waals surface area contributed by atoms with Gasteiger partial charge in [-0.25, -0.2) is 4.79 Å². The molecule has 0 bridgehead atoms. The zero-order valence-corrected chi connectivity index (χ0v) is 15.4. The quantitative estimate of drug-likeness (QED) is 0.797. The van der Waals surface area contributed by atoms with E-state index in [0.29, 0.717) is 36.8 Å². The molecule has 2 rings (SSSR count). The predicted molar refractivity (Wildman–Crippen MR) is 95.0 cm³/mol. The van der Waals surface area contributed by atoms with Crippen molar-refractivity contribution in [3.63, 3.8) is 0 Å². The van der Waals surface area contributed by atoms with E-state index in [4.69, 9.17) is 14.2 Å². The lowest BCUT2D eigenvalue weighted by Crippen LogP contribution is -2.47. The summed E-state index contributed by atoms with van der Waals surface area (Å²) in [6.45, 7) is 4.40. The van der Waals surface area contributed by atoms with Crippen molar-refractivity contribution in [2.24, 2.45) is 5.92 Å². The van der Waals surface area contributed by atoms with Crippen LogP contribution in [0.25, 0.3) is 0 Å². The summed E-state index contributed by atoms with van der Waals surface area (Å²) < 4.78 is 15.9. The number of anilines is 1. The standard InChI is InChI=1S/C19H27NO5/c1-5-25-16-9-8-14(11-15(16)17(21)23-3)20-18(22)19(24-4)10-6-7-13(2)12-19/h8-9,11,13H,5-7,10,12H2,1-4H3,(H,20,22)/t13-,19+/m0/s1. The van der Waals surface area contributed by atoms with Crippen LogP contribution in [-0.2, 0) is 14.3 Å². The molecule has 0 radical (unpaired) electrons. The van der Waals surface area contributed by atoms with Gasteiger partial charge in [-0.3, -0.25) is 4.79 Å². The van der Waals surface area contributed by atoms with Crippen molar-refractivity contribution < 1.29 is 23.8 Å². The number of hydrogen-bond donors (Lipinski definition) is 1. The zero-order chi connectivity index (χ0) is 18.4. The zero-order valence-electron chi connectivity index (χ0n) is 15.4. The second-order valence-electron chi connectivity index (χ2n) is 6.49. The summed E-state index contributed by atoms with van der Waals surface area (Å²) in [4.78, 5) is 24.8. The number of esters is 1. The van der Waals surface area contributed by atoms with Gasteiger partial charge in [0.25, 0.3) is 5.91 Å². The molecule has 1 N–H and O–H groups in total. The highest BCUT2D eigenvalue weighted by atomic mass is 16.5. The summed E-state index contributed by atoms with van der Waals surface area (Å²) in [5.41, 5.74) is -0.0176. The van der Waals surface area contributed by atoms with E-state index >= 15 is 0 Å². The first kappa shape index (κ1) is 19.2. The molecule has 1 aliphatic carbocycles. The minimum Gasteiger partial charge on any atom is -0.493 e. The lowest BCUT2D eigenvalue weighted by molar-refractivity contribution is -0.143. The Morgan fingerprint density at radius 2 is 2.08 bits per heavy atom. The Hall–Kier alpha value is -2.08. The van der Waals surface area contributed by atoms with Gasteiger partial charge in [0.05, 0.1) is 13.7 Å². The number of methoxy groups -OCH3 is 2. The van der Waals surface area contributed by atoms with Crippen molar-refractivity contribution in [1.29, 1.82) is 0 Å². The third-order valence-electron chi connectivity index (χ3n) is 4.70. The monoisotopic (exact) mass is 349 g/mol. The van der Waals surface area contributed by atoms with Gasteiger partial charge >= 0.3 is 5.97 Å². The average molecular weight is 349 g/mol. The molecule has 6 nitrogen and oxygen atoms in total. The third kappa shape index (κ3) is 4.31. The largest absolute Gasteiger partial charge is 0.493 e. The van der Waals surface area contributed by atoms with Crippen molar-refractivity contribution in [3.05, 3.63) is 23.8 Å². The number of nitrogens with one attached hydrogen (secondary N) is 1. The first-order valence-electron chi connectivity index (χ1n) is 8.67. The summed E-state index contributed by atoms with van der Waals surface area (Å²) >= 11 is 0. The van der Waals surface area contributed by atoms with Gasteiger partial charge < -0.3 is 19.5 Å². The van der Waals surface area contributed by atoms with Gasteiger partial charge in [-0.1, -0.05) is 13.3 Å². The van der Waals surface area contributed by atoms with Gasteiger partial charge in [-0.15, -0.1) is 0 Å². The Morgan fingerprint density at radius 3 is 2.68 bits per heavy atom. The molecule has 1 aliphatic rings. The molecular formula is C19H27NO5. The molecule has 1 aromatic rings. The van der Waals surface area contributed by atoms with E-state index in [2.05, 4.69) is 12.2 Å². The fraction of sp³-hybridized carbons (Fsp3) is 0.579. The first-order chi connectivity index (χ1) is 12.0. The highest BCUT2D eigenvalue weighted by Crippen LogP contribution is 2.36. The SMILES string of the molecule is CCOc1ccc(NC(=O)[C@@]2(OC)CCC[C@H](C)C2)cc1C(=O)OC. The number of carbonyl (C=O) groups excluding carboxylic acids is 2. The number of benzene rings is 1. The van der Waals surface area contributed by atoms with Gasteiger partial charge in [-0.2, -0.15) is 0 Å². The van der Waals surface area contributed by atoms with Crippen molar-refractivity contribution in [3.8, 4) is 5.75 Å². The Bertz CT molecular complexity index is 630. The van der Waals surface area contributed by atoms with Crippen LogP contribution in [0.4, 0.5) is 5.69 Å². The number of rotatable bonds is 6. The smallest absolute Gasteiger partial charge is 0.341 e. The van der Waals surface area contributed by atoms with Gasteiger partial charge in [0.1, 0.15) is 16.9 Å². The van der Waals surface area contributed by atoms with Gasteiger partial charge in [0, 0.05) is 12.8 Å². The predicted octanol–water partition coefficient (Wildman–Crippen LogP) is 3.41. The van der Waals surface area contributed by atoms with Gasteiger partial charge in [0.2, 0.25) is 0 Å². The van der Waals surface area contributed by atoms with Crippen LogP contribution in [0, 0.1) is 5.92 Å². The summed E-state index contributed by atoms with van der Waals surface area (Å²) in [6, 6.07) is 4.95. The Kier molecular flexibility index (Phi) is 6.42. The van der Waals surface area contributed by atoms with Crippen molar-refractivity contribution in [2.75, 3.05) is 26.1 Å². The number of carbonyl (C=O) groups is 2. The third-order valence-corrected chi connectivity index (χ3v) is 4.70. The summed E-state index contributed by atoms with van der Waals surface area (Å²) in [6.07, 6.45) is 3.45. The topological polar surface area (TPSA) is 73.9 Å². The van der Waals surface area contributed by atoms with Crippen LogP contribution in [-0.4, -0.2) is 38.3 Å². The van der Waals surface area contributed by atoms with Crippen molar-refractivity contribution in [2.45, 2.75) is 45.1 Å². The second-order valence-corrected chi connectivity index (χ2v) is 6.49. The van der Waals surface area contributed by atoms with Crippen LogP contribution in [0.5, 0.6) is 5.75 Å². The molecule has 1 saturated carbocycles. The fourth-order valence-electron chi connectivity index (χ4n) is 3.39. The summed E-state index contributed by atoms with van der Waals surface area (Å²) in [5, 5.41) is 2.89. The number of hydrogen-bond acceptors (Lipinski definition) is 5. The second kappa shape index (κ2) is 8.34. The number of ether oxygens (including phenoxy) is 3. The minimum absolute atomic E-state index is 0.179. The molecule has 1 fully saturated rings. The average Bonchev–Trinajstić information content (AvgIpc) is 2.62. The molecule has 25 heavy (non-hydrogen) atoms. The van der Waals surface area contributed by atoms with E-state index in [0.717, 1.165) is 12.8 Å². The highest BCUT2D eigenvalue weighted by Gasteiger charge is 2.42. The van der Waals surface area contributed by atoms with E-state index in [9.17, 15) is 9.59 Å². The van der Waals surface area contributed by atoms with E-state index in [1.54, 1.807) is 25.3 Å². The van der Waals surface area contributed by atoms with Gasteiger partial charge in [0.15, 0.2) is 0 Å². The number of amides is 1. The van der Waals surface area contributed by atoms with E-state index < -0.39 is 11.6 Å². The van der Waals surface area contributed by atoms with Crippen LogP contribution in [0.2, 0.25) is 0 Å². The molecule has 2 atom stereocenters. The fourth-order valence-corrected chi connectivity index (χ4v) is 3.39. The molecule has 0 aromatic heterocycles. The van der Waals surface area contributed by atoms with E-state index in [-0.39, 0.29) is 11.5 Å². The molecule has 0 aliphatic heterocycles. The van der Waals surface area contributed by atoms with Crippen LogP contribution >= 0.6 is 0 Å². The molecule has 0 heterocycles. The highest BCUT2D eigenvalue weighted by molar-refractivity contribution is 5.99. The molecular weight excluding hydrogens is 322 g/mol. The molecule has 1 aromatic carbocycles. The van der Waals surface area contributed by atoms with E-state index in [1.807, 2.05) is 6.92 Å². The van der Waals surface area contributed by atoms with E-state index in [1.165, 1.54) is 7.11 Å². The lowest BCUT2D eigenvalue weighted by atomic mass is 9.78. The van der Waals surface area contributed by atoms with Crippen molar-refractivity contribution in [1.82, 2.24) is 0 Å². The molecule has 0 saturated heterocycles. The van der Waals surface area contributed by atoms with Crippen LogP contribution in [0.15, 0.2) is 18.2 Å². The molecule has 1 amide bonds. The van der Waals surface area contributed by atoms with Crippen LogP contribution in [0.1, 0.15) is 49.9 Å². The maximum Gasteiger partial charge on any atom is 0.341 e. The van der Waals surface area contributed by atoms with Crippen LogP contribution in [0.3, 0.4) is 0 Å². The molecule has 0 unspecified atom stereocenters. The Labute approximate surface area is 148 Å². The maximum atomic E-state index is 12.8. The molecule has 0 spiro atoms. The van der Waals surface area contributed by atoms with Crippen molar-refractivity contribution >= 4 is 17.6 Å². The molecule has 6 heteroatoms. The summed E-state index contributed by atoms with van der Waals surface area (Å²) in [7, 11) is 2.89. The Morgan fingerprint density at radius 1 is 1.32 bits per heavy atom. The van der Waals surface area contributed by atoms with Gasteiger partial charge in [-0.05, 0) is 50.3 Å².